The topological polar surface area (TPSA) is 43.6 Å². The van der Waals surface area contributed by atoms with E-state index >= 15 is 0 Å². The summed E-state index contributed by atoms with van der Waals surface area (Å²) in [5, 5.41) is 4.97. The second kappa shape index (κ2) is 11.6. The standard InChI is InChI=1S/C45H28N4S/c1-2-12-30(13-3-1)43-46-44(48-45(47-43)49-38-20-7-4-16-35(38)36-17-5-8-21-39(36)49)31-26-24-29(25-27-31)32-14-10-15-33(28-32)34-19-11-23-41-42(34)37-18-6-9-22-40(37)50-41/h1-28H. The highest BCUT2D eigenvalue weighted by molar-refractivity contribution is 7.25. The van der Waals surface area contributed by atoms with E-state index < -0.39 is 0 Å². The van der Waals surface area contributed by atoms with E-state index in [1.807, 2.05) is 41.7 Å². The average molecular weight is 657 g/mol. The molecule has 10 aromatic rings. The van der Waals surface area contributed by atoms with Crippen LogP contribution >= 0.6 is 11.3 Å². The van der Waals surface area contributed by atoms with Crippen molar-refractivity contribution >= 4 is 53.3 Å². The summed E-state index contributed by atoms with van der Waals surface area (Å²) < 4.78 is 4.78. The highest BCUT2D eigenvalue weighted by atomic mass is 32.1. The van der Waals surface area contributed by atoms with E-state index in [0.717, 1.165) is 33.3 Å². The monoisotopic (exact) mass is 656 g/mol. The maximum Gasteiger partial charge on any atom is 0.238 e. The van der Waals surface area contributed by atoms with Crippen molar-refractivity contribution in [2.75, 3.05) is 0 Å². The van der Waals surface area contributed by atoms with Crippen molar-refractivity contribution in [1.29, 1.82) is 0 Å². The molecule has 4 nitrogen and oxygen atoms in total. The predicted octanol–water partition coefficient (Wildman–Crippen LogP) is 12.0. The van der Waals surface area contributed by atoms with E-state index in [0.29, 0.717) is 17.6 Å². The molecule has 7 aromatic carbocycles. The number of benzene rings is 7. The van der Waals surface area contributed by atoms with E-state index in [2.05, 4.69) is 144 Å². The molecule has 0 radical (unpaired) electrons. The Labute approximate surface area is 292 Å². The average Bonchev–Trinajstić information content (AvgIpc) is 3.74. The van der Waals surface area contributed by atoms with Crippen molar-refractivity contribution in [3.63, 3.8) is 0 Å². The van der Waals surface area contributed by atoms with Crippen LogP contribution in [0.1, 0.15) is 0 Å². The Hall–Kier alpha value is -6.43. The molecule has 0 aliphatic carbocycles. The molecule has 10 rings (SSSR count). The maximum atomic E-state index is 5.12. The van der Waals surface area contributed by atoms with Crippen LogP contribution in [0.15, 0.2) is 170 Å². The summed E-state index contributed by atoms with van der Waals surface area (Å²) in [6.45, 7) is 0. The fourth-order valence-electron chi connectivity index (χ4n) is 7.14. The molecule has 0 fully saturated rings. The number of hydrogen-bond acceptors (Lipinski definition) is 4. The quantitative estimate of drug-likeness (QED) is 0.185. The second-order valence-electron chi connectivity index (χ2n) is 12.5. The number of hydrogen-bond donors (Lipinski definition) is 0. The van der Waals surface area contributed by atoms with Gasteiger partial charge in [-0.05, 0) is 52.6 Å². The lowest BCUT2D eigenvalue weighted by Gasteiger charge is -2.11. The summed E-state index contributed by atoms with van der Waals surface area (Å²) in [6, 6.07) is 59.7. The first-order valence-corrected chi connectivity index (χ1v) is 17.5. The lowest BCUT2D eigenvalue weighted by atomic mass is 9.95. The van der Waals surface area contributed by atoms with Crippen molar-refractivity contribution in [1.82, 2.24) is 19.5 Å². The summed E-state index contributed by atoms with van der Waals surface area (Å²) >= 11 is 1.85. The van der Waals surface area contributed by atoms with Crippen molar-refractivity contribution in [3.8, 4) is 51.0 Å². The van der Waals surface area contributed by atoms with Gasteiger partial charge in [0.15, 0.2) is 11.6 Å². The van der Waals surface area contributed by atoms with Crippen LogP contribution in [0.25, 0.3) is 93.0 Å². The Bertz CT molecular complexity index is 2810. The Balaban J connectivity index is 1.08. The number of para-hydroxylation sites is 2. The van der Waals surface area contributed by atoms with Gasteiger partial charge in [0.2, 0.25) is 5.95 Å². The van der Waals surface area contributed by atoms with Crippen molar-refractivity contribution < 1.29 is 0 Å². The van der Waals surface area contributed by atoms with Crippen molar-refractivity contribution in [2.24, 2.45) is 0 Å². The van der Waals surface area contributed by atoms with E-state index in [1.54, 1.807) is 0 Å². The van der Waals surface area contributed by atoms with Crippen molar-refractivity contribution in [2.45, 2.75) is 0 Å². The second-order valence-corrected chi connectivity index (χ2v) is 13.5. The molecular weight excluding hydrogens is 629 g/mol. The predicted molar refractivity (Wildman–Crippen MR) is 209 cm³/mol. The number of rotatable bonds is 5. The minimum absolute atomic E-state index is 0.596. The largest absolute Gasteiger partial charge is 0.278 e. The summed E-state index contributed by atoms with van der Waals surface area (Å²) in [4.78, 5) is 15.2. The zero-order chi connectivity index (χ0) is 33.0. The molecular formula is C45H28N4S. The first-order chi connectivity index (χ1) is 24.8. The van der Waals surface area contributed by atoms with Gasteiger partial charge in [-0.3, -0.25) is 4.57 Å². The molecule has 234 valence electrons. The van der Waals surface area contributed by atoms with E-state index in [4.69, 9.17) is 15.0 Å². The Kier molecular flexibility index (Phi) is 6.64. The Morgan fingerprint density at radius 1 is 0.380 bits per heavy atom. The number of fused-ring (bicyclic) bond motifs is 6. The van der Waals surface area contributed by atoms with Crippen LogP contribution in [-0.2, 0) is 0 Å². The minimum atomic E-state index is 0.596. The molecule has 3 aromatic heterocycles. The zero-order valence-electron chi connectivity index (χ0n) is 26.9. The third-order valence-corrected chi connectivity index (χ3v) is 10.6. The highest BCUT2D eigenvalue weighted by Crippen LogP contribution is 2.41. The van der Waals surface area contributed by atoms with Gasteiger partial charge in [0.05, 0.1) is 11.0 Å². The summed E-state index contributed by atoms with van der Waals surface area (Å²) in [6.07, 6.45) is 0. The van der Waals surface area contributed by atoms with Gasteiger partial charge in [0.1, 0.15) is 0 Å². The maximum absolute atomic E-state index is 5.12. The Morgan fingerprint density at radius 2 is 0.920 bits per heavy atom. The number of thiophene rings is 1. The van der Waals surface area contributed by atoms with E-state index in [-0.39, 0.29) is 0 Å². The summed E-state index contributed by atoms with van der Waals surface area (Å²) in [5.74, 6) is 1.87. The van der Waals surface area contributed by atoms with Crippen LogP contribution in [0, 0.1) is 0 Å². The normalized spacial score (nSPS) is 11.6. The third kappa shape index (κ3) is 4.71. The van der Waals surface area contributed by atoms with Crippen molar-refractivity contribution in [3.05, 3.63) is 170 Å². The third-order valence-electron chi connectivity index (χ3n) is 9.49. The van der Waals surface area contributed by atoms with E-state index in [9.17, 15) is 0 Å². The molecule has 0 amide bonds. The van der Waals surface area contributed by atoms with Gasteiger partial charge in [0, 0.05) is 42.1 Å². The van der Waals surface area contributed by atoms with Gasteiger partial charge in [0.25, 0.3) is 0 Å². The molecule has 0 saturated heterocycles. The molecule has 0 spiro atoms. The number of nitrogens with zero attached hydrogens (tertiary/aromatic N) is 4. The fraction of sp³-hybridized carbons (Fsp3) is 0. The molecule has 0 aliphatic rings. The molecule has 0 aliphatic heterocycles. The van der Waals surface area contributed by atoms with Crippen LogP contribution in [0.3, 0.4) is 0 Å². The van der Waals surface area contributed by atoms with Gasteiger partial charge in [-0.15, -0.1) is 11.3 Å². The molecule has 0 saturated carbocycles. The van der Waals surface area contributed by atoms with Crippen LogP contribution < -0.4 is 0 Å². The lowest BCUT2D eigenvalue weighted by molar-refractivity contribution is 0.953. The Morgan fingerprint density at radius 3 is 1.66 bits per heavy atom. The summed E-state index contributed by atoms with van der Waals surface area (Å²) in [7, 11) is 0. The van der Waals surface area contributed by atoms with Gasteiger partial charge < -0.3 is 0 Å². The minimum Gasteiger partial charge on any atom is -0.278 e. The van der Waals surface area contributed by atoms with Crippen LogP contribution in [0.5, 0.6) is 0 Å². The van der Waals surface area contributed by atoms with Gasteiger partial charge in [-0.25, -0.2) is 4.98 Å². The molecule has 5 heteroatoms. The van der Waals surface area contributed by atoms with Crippen LogP contribution in [-0.4, -0.2) is 19.5 Å². The molecule has 50 heavy (non-hydrogen) atoms. The van der Waals surface area contributed by atoms with Crippen LogP contribution in [0.2, 0.25) is 0 Å². The first-order valence-electron chi connectivity index (χ1n) is 16.7. The first kappa shape index (κ1) is 28.6. The zero-order valence-corrected chi connectivity index (χ0v) is 27.7. The molecule has 0 N–H and O–H groups in total. The molecule has 0 atom stereocenters. The van der Waals surface area contributed by atoms with Gasteiger partial charge in [-0.1, -0.05) is 140 Å². The summed E-state index contributed by atoms with van der Waals surface area (Å²) in [5.41, 5.74) is 8.77. The smallest absolute Gasteiger partial charge is 0.238 e. The van der Waals surface area contributed by atoms with Gasteiger partial charge in [-0.2, -0.15) is 9.97 Å². The lowest BCUT2D eigenvalue weighted by Crippen LogP contribution is -2.06. The van der Waals surface area contributed by atoms with E-state index in [1.165, 1.54) is 42.1 Å². The highest BCUT2D eigenvalue weighted by Gasteiger charge is 2.18. The SMILES string of the molecule is c1ccc(-c2nc(-c3ccc(-c4cccc(-c5cccc6sc7ccccc7c56)c4)cc3)nc(-n3c4ccccc4c4ccccc43)n2)cc1. The molecule has 0 unspecified atom stereocenters. The number of aromatic nitrogens is 4. The fourth-order valence-corrected chi connectivity index (χ4v) is 8.27. The van der Waals surface area contributed by atoms with Gasteiger partial charge >= 0.3 is 0 Å². The van der Waals surface area contributed by atoms with Crippen LogP contribution in [0.4, 0.5) is 0 Å². The molecule has 0 bridgehead atoms. The molecule has 3 heterocycles.